The average Bonchev–Trinajstić information content (AvgIpc) is 2.80. The first-order chi connectivity index (χ1) is 16.1. The summed E-state index contributed by atoms with van der Waals surface area (Å²) >= 11 is 0. The summed E-state index contributed by atoms with van der Waals surface area (Å²) in [5, 5.41) is 14.0. The van der Waals surface area contributed by atoms with E-state index in [2.05, 4.69) is 5.32 Å². The molecule has 0 aliphatic carbocycles. The zero-order valence-electron chi connectivity index (χ0n) is 19.1. The van der Waals surface area contributed by atoms with Gasteiger partial charge in [-0.05, 0) is 31.0 Å². The van der Waals surface area contributed by atoms with E-state index < -0.39 is 22.1 Å². The number of para-hydroxylation sites is 2. The van der Waals surface area contributed by atoms with Crippen molar-refractivity contribution < 1.29 is 19.2 Å². The number of carbonyl (C=O) groups excluding carboxylic acids is 2. The topological polar surface area (TPSA) is 125 Å². The van der Waals surface area contributed by atoms with E-state index in [4.69, 9.17) is 10.5 Å². The fourth-order valence-corrected chi connectivity index (χ4v) is 3.44. The van der Waals surface area contributed by atoms with Crippen molar-refractivity contribution >= 4 is 17.4 Å². The van der Waals surface area contributed by atoms with Crippen LogP contribution >= 0.6 is 0 Å². The van der Waals surface area contributed by atoms with Crippen LogP contribution in [0.3, 0.4) is 0 Å². The Bertz CT molecular complexity index is 1170. The largest absolute Gasteiger partial charge is 0.471 e. The van der Waals surface area contributed by atoms with E-state index >= 15 is 0 Å². The predicted molar refractivity (Wildman–Crippen MR) is 128 cm³/mol. The number of Topliss-reactive ketones (excluding diaryl/α,β-unsaturated/α-hetero) is 1. The molecule has 176 valence electrons. The van der Waals surface area contributed by atoms with Crippen molar-refractivity contribution in [2.75, 3.05) is 0 Å². The van der Waals surface area contributed by atoms with Gasteiger partial charge in [0.2, 0.25) is 0 Å². The molecule has 0 bridgehead atoms. The quantitative estimate of drug-likeness (QED) is 0.270. The van der Waals surface area contributed by atoms with Crippen LogP contribution in [-0.2, 0) is 22.4 Å². The van der Waals surface area contributed by atoms with Gasteiger partial charge in [-0.2, -0.15) is 0 Å². The van der Waals surface area contributed by atoms with Crippen molar-refractivity contribution in [2.24, 2.45) is 5.73 Å². The van der Waals surface area contributed by atoms with Crippen LogP contribution in [-0.4, -0.2) is 27.9 Å². The second-order valence-electron chi connectivity index (χ2n) is 8.51. The van der Waals surface area contributed by atoms with Gasteiger partial charge in [-0.25, -0.2) is 0 Å². The molecule has 0 aliphatic heterocycles. The lowest BCUT2D eigenvalue weighted by molar-refractivity contribution is -0.386. The van der Waals surface area contributed by atoms with E-state index in [9.17, 15) is 19.7 Å². The summed E-state index contributed by atoms with van der Waals surface area (Å²) in [7, 11) is 0. The molecule has 0 fully saturated rings. The zero-order chi connectivity index (χ0) is 24.8. The van der Waals surface area contributed by atoms with Crippen LogP contribution in [0.1, 0.15) is 25.0 Å². The van der Waals surface area contributed by atoms with Gasteiger partial charge in [-0.1, -0.05) is 72.8 Å². The van der Waals surface area contributed by atoms with Crippen LogP contribution in [0.25, 0.3) is 0 Å². The fraction of sp³-hybridized carbons (Fsp3) is 0.231. The van der Waals surface area contributed by atoms with Crippen molar-refractivity contribution in [2.45, 2.75) is 38.0 Å². The normalized spacial score (nSPS) is 12.9. The Morgan fingerprint density at radius 1 is 0.912 bits per heavy atom. The smallest absolute Gasteiger partial charge is 0.310 e. The molecule has 8 nitrogen and oxygen atoms in total. The molecule has 1 atom stereocenters. The molecule has 3 aromatic carbocycles. The Hall–Kier alpha value is -4.04. The van der Waals surface area contributed by atoms with Gasteiger partial charge in [-0.15, -0.1) is 0 Å². The third-order valence-electron chi connectivity index (χ3n) is 5.34. The first kappa shape index (κ1) is 24.6. The van der Waals surface area contributed by atoms with E-state index in [1.807, 2.05) is 60.7 Å². The number of carbonyl (C=O) groups is 2. The standard InChI is InChI=1S/C26H27N3O5/c1-25(2,34-22-16-10-9-15-21(22)29(32)33)24(31)28-26(27,18-20-13-7-4-8-14-20)23(30)17-19-11-5-3-6-12-19/h3-16H,17-18,27H2,1-2H3,(H,28,31). The van der Waals surface area contributed by atoms with E-state index in [0.29, 0.717) is 0 Å². The molecule has 0 saturated heterocycles. The zero-order valence-corrected chi connectivity index (χ0v) is 19.1. The highest BCUT2D eigenvalue weighted by molar-refractivity contribution is 5.96. The molecule has 34 heavy (non-hydrogen) atoms. The third-order valence-corrected chi connectivity index (χ3v) is 5.34. The monoisotopic (exact) mass is 461 g/mol. The van der Waals surface area contributed by atoms with Crippen LogP contribution in [0.2, 0.25) is 0 Å². The molecular weight excluding hydrogens is 434 g/mol. The summed E-state index contributed by atoms with van der Waals surface area (Å²) in [6.45, 7) is 2.92. The molecule has 1 unspecified atom stereocenters. The minimum Gasteiger partial charge on any atom is -0.471 e. The van der Waals surface area contributed by atoms with Gasteiger partial charge in [0.15, 0.2) is 22.8 Å². The van der Waals surface area contributed by atoms with Crippen LogP contribution in [0, 0.1) is 10.1 Å². The maximum Gasteiger partial charge on any atom is 0.310 e. The van der Waals surface area contributed by atoms with Crippen LogP contribution in [0.15, 0.2) is 84.9 Å². The maximum absolute atomic E-state index is 13.3. The van der Waals surface area contributed by atoms with Crippen molar-refractivity contribution in [3.05, 3.63) is 106 Å². The number of ketones is 1. The Balaban J connectivity index is 1.86. The number of nitro benzene ring substituents is 1. The van der Waals surface area contributed by atoms with E-state index in [1.54, 1.807) is 6.07 Å². The second kappa shape index (κ2) is 10.3. The first-order valence-corrected chi connectivity index (χ1v) is 10.8. The van der Waals surface area contributed by atoms with Crippen molar-refractivity contribution in [1.82, 2.24) is 5.32 Å². The predicted octanol–water partition coefficient (Wildman–Crippen LogP) is 3.58. The molecule has 0 saturated carbocycles. The lowest BCUT2D eigenvalue weighted by Crippen LogP contribution is -2.66. The maximum atomic E-state index is 13.3. The minimum absolute atomic E-state index is 0.0237. The summed E-state index contributed by atoms with van der Waals surface area (Å²) in [5.74, 6) is -1.11. The van der Waals surface area contributed by atoms with Gasteiger partial charge in [0, 0.05) is 18.9 Å². The summed E-state index contributed by atoms with van der Waals surface area (Å²) in [4.78, 5) is 37.4. The summed E-state index contributed by atoms with van der Waals surface area (Å²) < 4.78 is 5.73. The first-order valence-electron chi connectivity index (χ1n) is 10.8. The SMILES string of the molecule is CC(C)(Oc1ccccc1[N+](=O)[O-])C(=O)NC(N)(Cc1ccccc1)C(=O)Cc1ccccc1. The van der Waals surface area contributed by atoms with Crippen molar-refractivity contribution in [3.63, 3.8) is 0 Å². The van der Waals surface area contributed by atoms with E-state index in [1.165, 1.54) is 32.0 Å². The second-order valence-corrected chi connectivity index (χ2v) is 8.51. The molecule has 3 aromatic rings. The highest BCUT2D eigenvalue weighted by Gasteiger charge is 2.41. The lowest BCUT2D eigenvalue weighted by atomic mass is 9.91. The van der Waals surface area contributed by atoms with Gasteiger partial charge in [0.25, 0.3) is 5.91 Å². The molecule has 3 N–H and O–H groups in total. The van der Waals surface area contributed by atoms with E-state index in [0.717, 1.165) is 11.1 Å². The Labute approximate surface area is 197 Å². The molecular formula is C26H27N3O5. The molecule has 0 aromatic heterocycles. The van der Waals surface area contributed by atoms with Crippen molar-refractivity contribution in [1.29, 1.82) is 0 Å². The molecule has 1 amide bonds. The van der Waals surface area contributed by atoms with Crippen LogP contribution < -0.4 is 15.8 Å². The highest BCUT2D eigenvalue weighted by atomic mass is 16.6. The molecule has 0 radical (unpaired) electrons. The van der Waals surface area contributed by atoms with Gasteiger partial charge < -0.3 is 15.8 Å². The van der Waals surface area contributed by atoms with Crippen LogP contribution in [0.5, 0.6) is 5.75 Å². The van der Waals surface area contributed by atoms with Gasteiger partial charge in [0.05, 0.1) is 4.92 Å². The molecule has 8 heteroatoms. The highest BCUT2D eigenvalue weighted by Crippen LogP contribution is 2.30. The van der Waals surface area contributed by atoms with Crippen molar-refractivity contribution in [3.8, 4) is 5.75 Å². The number of ether oxygens (including phenoxy) is 1. The summed E-state index contributed by atoms with van der Waals surface area (Å²) in [6, 6.07) is 24.0. The summed E-state index contributed by atoms with van der Waals surface area (Å²) in [5.41, 5.74) is 4.53. The fourth-order valence-electron chi connectivity index (χ4n) is 3.44. The number of benzene rings is 3. The molecule has 0 spiro atoms. The van der Waals surface area contributed by atoms with Gasteiger partial charge >= 0.3 is 5.69 Å². The molecule has 0 heterocycles. The Morgan fingerprint density at radius 2 is 1.44 bits per heavy atom. The third kappa shape index (κ3) is 6.05. The molecule has 3 rings (SSSR count). The number of nitrogens with zero attached hydrogens (tertiary/aromatic N) is 1. The summed E-state index contributed by atoms with van der Waals surface area (Å²) in [6.07, 6.45) is 0.0860. The number of amides is 1. The minimum atomic E-state index is -1.72. The Kier molecular flexibility index (Phi) is 7.43. The van der Waals surface area contributed by atoms with E-state index in [-0.39, 0.29) is 30.1 Å². The number of rotatable bonds is 10. The molecule has 0 aliphatic rings. The average molecular weight is 462 g/mol. The number of nitrogens with two attached hydrogens (primary N) is 1. The lowest BCUT2D eigenvalue weighted by Gasteiger charge is -2.34. The number of hydrogen-bond acceptors (Lipinski definition) is 6. The van der Waals surface area contributed by atoms with Gasteiger partial charge in [0.1, 0.15) is 0 Å². The number of nitrogens with one attached hydrogen (secondary N) is 1. The number of nitro groups is 1. The van der Waals surface area contributed by atoms with Crippen LogP contribution in [0.4, 0.5) is 5.69 Å². The Morgan fingerprint density at radius 3 is 2.03 bits per heavy atom. The number of hydrogen-bond donors (Lipinski definition) is 2. The van der Waals surface area contributed by atoms with Gasteiger partial charge in [-0.3, -0.25) is 19.7 Å².